The van der Waals surface area contributed by atoms with Gasteiger partial charge in [-0.15, -0.1) is 24.0 Å². The number of anilines is 1. The van der Waals surface area contributed by atoms with Crippen LogP contribution < -0.4 is 20.1 Å². The summed E-state index contributed by atoms with van der Waals surface area (Å²) in [4.78, 5) is 4.74. The Morgan fingerprint density at radius 3 is 2.75 bits per heavy atom. The lowest BCUT2D eigenvalue weighted by molar-refractivity contribution is 0.108. The van der Waals surface area contributed by atoms with Gasteiger partial charge >= 0.3 is 0 Å². The van der Waals surface area contributed by atoms with Crippen molar-refractivity contribution in [2.24, 2.45) is 16.8 Å². The molecule has 1 aromatic rings. The summed E-state index contributed by atoms with van der Waals surface area (Å²) >= 11 is 0. The smallest absolute Gasteiger partial charge is 0.195 e. The Kier molecular flexibility index (Phi) is 10.2. The Morgan fingerprint density at radius 2 is 2.00 bits per heavy atom. The molecule has 1 fully saturated rings. The highest BCUT2D eigenvalue weighted by molar-refractivity contribution is 14.0. The zero-order valence-corrected chi connectivity index (χ0v) is 19.4. The van der Waals surface area contributed by atoms with Gasteiger partial charge in [0.2, 0.25) is 0 Å². The van der Waals surface area contributed by atoms with E-state index in [0.717, 1.165) is 68.2 Å². The molecule has 0 spiro atoms. The quantitative estimate of drug-likeness (QED) is 0.228. The third-order valence-electron chi connectivity index (χ3n) is 4.42. The summed E-state index contributed by atoms with van der Waals surface area (Å²) in [5.74, 6) is 3.75. The van der Waals surface area contributed by atoms with Crippen LogP contribution in [0.2, 0.25) is 0 Å². The normalized spacial score (nSPS) is 16.3. The molecule has 7 heteroatoms. The number of ether oxygens (including phenoxy) is 3. The average Bonchev–Trinajstić information content (AvgIpc) is 3.48. The van der Waals surface area contributed by atoms with Gasteiger partial charge in [0, 0.05) is 44.5 Å². The van der Waals surface area contributed by atoms with Crippen molar-refractivity contribution < 1.29 is 14.2 Å². The second-order valence-electron chi connectivity index (χ2n) is 7.72. The first-order valence-electron chi connectivity index (χ1n) is 10.2. The van der Waals surface area contributed by atoms with Crippen LogP contribution >= 0.6 is 24.0 Å². The predicted octanol–water partition coefficient (Wildman–Crippen LogP) is 4.30. The van der Waals surface area contributed by atoms with Crippen LogP contribution in [0, 0.1) is 11.8 Å². The van der Waals surface area contributed by atoms with E-state index < -0.39 is 0 Å². The highest BCUT2D eigenvalue weighted by Crippen LogP contribution is 2.32. The third kappa shape index (κ3) is 8.43. The fourth-order valence-electron chi connectivity index (χ4n) is 2.74. The summed E-state index contributed by atoms with van der Waals surface area (Å²) < 4.78 is 17.1. The molecule has 0 atom stereocenters. The van der Waals surface area contributed by atoms with E-state index >= 15 is 0 Å². The number of hydrogen-bond acceptors (Lipinski definition) is 4. The Bertz CT molecular complexity index is 621. The Hall–Kier alpha value is -1.22. The van der Waals surface area contributed by atoms with Crippen LogP contribution in [-0.2, 0) is 4.74 Å². The summed E-state index contributed by atoms with van der Waals surface area (Å²) in [7, 11) is 0. The highest BCUT2D eigenvalue weighted by atomic mass is 127. The van der Waals surface area contributed by atoms with Gasteiger partial charge < -0.3 is 24.8 Å². The first-order valence-corrected chi connectivity index (χ1v) is 10.2. The molecule has 3 rings (SSSR count). The molecule has 6 nitrogen and oxygen atoms in total. The van der Waals surface area contributed by atoms with Crippen molar-refractivity contribution in [3.05, 3.63) is 18.2 Å². The van der Waals surface area contributed by atoms with E-state index in [1.807, 2.05) is 18.2 Å². The number of rotatable bonds is 9. The summed E-state index contributed by atoms with van der Waals surface area (Å²) in [6, 6.07) is 5.95. The van der Waals surface area contributed by atoms with Crippen LogP contribution in [0.15, 0.2) is 23.2 Å². The van der Waals surface area contributed by atoms with Crippen LogP contribution in [-0.4, -0.2) is 45.5 Å². The van der Waals surface area contributed by atoms with Gasteiger partial charge in [-0.3, -0.25) is 4.99 Å². The Labute approximate surface area is 185 Å². The lowest BCUT2D eigenvalue weighted by atomic mass is 10.2. The molecule has 0 radical (unpaired) electrons. The molecular weight excluding hydrogens is 469 g/mol. The molecular formula is C21H34IN3O3. The molecule has 2 N–H and O–H groups in total. The van der Waals surface area contributed by atoms with Gasteiger partial charge in [0.25, 0.3) is 0 Å². The average molecular weight is 503 g/mol. The Balaban J connectivity index is 0.00000280. The van der Waals surface area contributed by atoms with Crippen molar-refractivity contribution >= 4 is 35.6 Å². The third-order valence-corrected chi connectivity index (χ3v) is 4.42. The number of nitrogens with zero attached hydrogens (tertiary/aromatic N) is 1. The number of guanidine groups is 1. The van der Waals surface area contributed by atoms with Crippen molar-refractivity contribution in [3.63, 3.8) is 0 Å². The van der Waals surface area contributed by atoms with E-state index in [1.165, 1.54) is 12.8 Å². The largest absolute Gasteiger partial charge is 0.490 e. The molecule has 1 aromatic carbocycles. The molecule has 1 saturated carbocycles. The first kappa shape index (κ1) is 23.1. The van der Waals surface area contributed by atoms with Gasteiger partial charge in [0.1, 0.15) is 0 Å². The van der Waals surface area contributed by atoms with Crippen LogP contribution in [0.3, 0.4) is 0 Å². The number of aliphatic imine (C=N–C) groups is 1. The molecule has 158 valence electrons. The van der Waals surface area contributed by atoms with E-state index in [2.05, 4.69) is 24.5 Å². The van der Waals surface area contributed by atoms with Crippen LogP contribution in [0.5, 0.6) is 11.5 Å². The van der Waals surface area contributed by atoms with Gasteiger partial charge in [0.05, 0.1) is 13.2 Å². The maximum absolute atomic E-state index is 5.78. The minimum absolute atomic E-state index is 0. The van der Waals surface area contributed by atoms with E-state index in [1.54, 1.807) is 0 Å². The molecule has 1 aliphatic carbocycles. The molecule has 0 bridgehead atoms. The van der Waals surface area contributed by atoms with Gasteiger partial charge in [-0.05, 0) is 43.2 Å². The minimum atomic E-state index is 0. The van der Waals surface area contributed by atoms with Crippen LogP contribution in [0.4, 0.5) is 5.69 Å². The second kappa shape index (κ2) is 12.4. The van der Waals surface area contributed by atoms with Crippen LogP contribution in [0.1, 0.15) is 39.5 Å². The molecule has 1 heterocycles. The topological polar surface area (TPSA) is 64.1 Å². The summed E-state index contributed by atoms with van der Waals surface area (Å²) in [6.45, 7) is 9.02. The number of fused-ring (bicyclic) bond motifs is 1. The highest BCUT2D eigenvalue weighted by Gasteiger charge is 2.20. The SMILES string of the molecule is CC(C)COCCCNC(=NCC1CC1)Nc1ccc2c(c1)OCCCO2.I. The number of nitrogens with one attached hydrogen (secondary N) is 2. The monoisotopic (exact) mass is 503 g/mol. The van der Waals surface area contributed by atoms with Gasteiger partial charge in [-0.2, -0.15) is 0 Å². The zero-order valence-electron chi connectivity index (χ0n) is 17.0. The fraction of sp³-hybridized carbons (Fsp3) is 0.667. The number of halogens is 1. The standard InChI is InChI=1S/C21H33N3O3.HI/c1-16(2)15-25-10-3-9-22-21(23-14-17-5-6-17)24-18-7-8-19-20(13-18)27-12-4-11-26-19;/h7-8,13,16-17H,3-6,9-12,14-15H2,1-2H3,(H2,22,23,24);1H. The zero-order chi connectivity index (χ0) is 18.9. The second-order valence-corrected chi connectivity index (χ2v) is 7.72. The maximum Gasteiger partial charge on any atom is 0.195 e. The van der Waals surface area contributed by atoms with E-state index in [-0.39, 0.29) is 24.0 Å². The van der Waals surface area contributed by atoms with E-state index in [9.17, 15) is 0 Å². The molecule has 2 aliphatic rings. The van der Waals surface area contributed by atoms with Crippen molar-refractivity contribution in [3.8, 4) is 11.5 Å². The summed E-state index contributed by atoms with van der Waals surface area (Å²) in [6.07, 6.45) is 4.46. The lowest BCUT2D eigenvalue weighted by Gasteiger charge is -2.15. The van der Waals surface area contributed by atoms with E-state index in [4.69, 9.17) is 19.2 Å². The molecule has 0 saturated heterocycles. The van der Waals surface area contributed by atoms with Crippen molar-refractivity contribution in [2.45, 2.75) is 39.5 Å². The predicted molar refractivity (Wildman–Crippen MR) is 124 cm³/mol. The molecule has 0 amide bonds. The van der Waals surface area contributed by atoms with E-state index in [0.29, 0.717) is 19.1 Å². The van der Waals surface area contributed by atoms with Gasteiger partial charge in [-0.25, -0.2) is 0 Å². The lowest BCUT2D eigenvalue weighted by Crippen LogP contribution is -2.32. The molecule has 1 aliphatic heterocycles. The fourth-order valence-corrected chi connectivity index (χ4v) is 2.74. The molecule has 0 unspecified atom stereocenters. The van der Waals surface area contributed by atoms with Crippen molar-refractivity contribution in [2.75, 3.05) is 44.8 Å². The summed E-state index contributed by atoms with van der Waals surface area (Å²) in [5.41, 5.74) is 0.956. The molecule has 28 heavy (non-hydrogen) atoms. The summed E-state index contributed by atoms with van der Waals surface area (Å²) in [5, 5.41) is 6.82. The maximum atomic E-state index is 5.78. The van der Waals surface area contributed by atoms with Gasteiger partial charge in [-0.1, -0.05) is 13.8 Å². The molecule has 0 aromatic heterocycles. The Morgan fingerprint density at radius 1 is 1.21 bits per heavy atom. The first-order chi connectivity index (χ1) is 13.2. The van der Waals surface area contributed by atoms with Gasteiger partial charge in [0.15, 0.2) is 17.5 Å². The van der Waals surface area contributed by atoms with Crippen molar-refractivity contribution in [1.82, 2.24) is 5.32 Å². The minimum Gasteiger partial charge on any atom is -0.490 e. The van der Waals surface area contributed by atoms with Crippen molar-refractivity contribution in [1.29, 1.82) is 0 Å². The number of benzene rings is 1. The number of hydrogen-bond donors (Lipinski definition) is 2. The van der Waals surface area contributed by atoms with Crippen LogP contribution in [0.25, 0.3) is 0 Å².